The Morgan fingerprint density at radius 2 is 1.79 bits per heavy atom. The fraction of sp³-hybridized carbons (Fsp3) is 0.839. The quantitative estimate of drug-likeness (QED) is 0.342. The van der Waals surface area contributed by atoms with Gasteiger partial charge in [-0.15, -0.1) is 0 Å². The Kier molecular flexibility index (Phi) is 8.22. The summed E-state index contributed by atoms with van der Waals surface area (Å²) in [7, 11) is 0. The van der Waals surface area contributed by atoms with E-state index < -0.39 is 5.60 Å². The first-order valence-corrected chi connectivity index (χ1v) is 14.6. The highest BCUT2D eigenvalue weighted by molar-refractivity contribution is 5.81. The van der Waals surface area contributed by atoms with Crippen LogP contribution in [-0.2, 0) is 23.9 Å². The van der Waals surface area contributed by atoms with E-state index in [1.807, 2.05) is 6.92 Å². The van der Waals surface area contributed by atoms with Crippen molar-refractivity contribution < 1.29 is 34.1 Å². The largest absolute Gasteiger partial charge is 0.462 e. The molecule has 0 heterocycles. The highest BCUT2D eigenvalue weighted by Gasteiger charge is 2.63. The number of hydrogen-bond acceptors (Lipinski definition) is 7. The molecule has 1 unspecified atom stereocenters. The maximum Gasteiger partial charge on any atom is 0.302 e. The molecule has 3 fully saturated rings. The molecule has 4 rings (SSSR count). The van der Waals surface area contributed by atoms with Crippen molar-refractivity contribution in [3.05, 3.63) is 11.6 Å². The second-order valence-corrected chi connectivity index (χ2v) is 13.6. The molecule has 7 heteroatoms. The molecule has 0 aromatic heterocycles. The summed E-state index contributed by atoms with van der Waals surface area (Å²) in [5.41, 5.74) is 0.131. The van der Waals surface area contributed by atoms with Gasteiger partial charge in [-0.1, -0.05) is 32.4 Å². The van der Waals surface area contributed by atoms with Crippen LogP contribution in [0.15, 0.2) is 11.6 Å². The molecular weight excluding hydrogens is 484 g/mol. The number of rotatable bonds is 8. The second-order valence-electron chi connectivity index (χ2n) is 13.6. The molecule has 0 aromatic carbocycles. The van der Waals surface area contributed by atoms with Crippen LogP contribution in [0.2, 0.25) is 0 Å². The minimum atomic E-state index is -1.28. The lowest BCUT2D eigenvalue weighted by atomic mass is 9.47. The van der Waals surface area contributed by atoms with Crippen LogP contribution in [0.4, 0.5) is 0 Å². The third-order valence-corrected chi connectivity index (χ3v) is 11.1. The molecule has 4 aliphatic rings. The number of carbonyl (C=O) groups excluding carboxylic acids is 3. The van der Waals surface area contributed by atoms with E-state index in [1.54, 1.807) is 6.92 Å². The molecule has 0 spiro atoms. The van der Waals surface area contributed by atoms with Crippen molar-refractivity contribution in [3.63, 3.8) is 0 Å². The number of ether oxygens (including phenoxy) is 2. The first-order chi connectivity index (χ1) is 17.7. The van der Waals surface area contributed by atoms with E-state index in [0.717, 1.165) is 44.9 Å². The molecule has 0 bridgehead atoms. The molecule has 214 valence electrons. The maximum absolute atomic E-state index is 13.4. The van der Waals surface area contributed by atoms with Crippen molar-refractivity contribution in [3.8, 4) is 0 Å². The average molecular weight is 533 g/mol. The molecular formula is C31H48O7. The van der Waals surface area contributed by atoms with Crippen LogP contribution < -0.4 is 0 Å². The van der Waals surface area contributed by atoms with Crippen LogP contribution in [0.1, 0.15) is 99.3 Å². The minimum absolute atomic E-state index is 0.0279. The Hall–Kier alpha value is -1.73. The van der Waals surface area contributed by atoms with Crippen molar-refractivity contribution in [2.75, 3.05) is 6.61 Å². The van der Waals surface area contributed by atoms with Crippen molar-refractivity contribution in [2.45, 2.75) is 117 Å². The van der Waals surface area contributed by atoms with Crippen molar-refractivity contribution in [2.24, 2.45) is 40.4 Å². The minimum Gasteiger partial charge on any atom is -0.462 e. The molecule has 2 N–H and O–H groups in total. The third kappa shape index (κ3) is 5.34. The number of hydrogen-bond donors (Lipinski definition) is 2. The molecule has 10 atom stereocenters. The molecule has 4 aliphatic carbocycles. The summed E-state index contributed by atoms with van der Waals surface area (Å²) in [6.45, 7) is 10.8. The molecule has 0 radical (unpaired) electrons. The predicted octanol–water partition coefficient (Wildman–Crippen LogP) is 4.77. The van der Waals surface area contributed by atoms with Gasteiger partial charge >= 0.3 is 11.9 Å². The monoisotopic (exact) mass is 532 g/mol. The van der Waals surface area contributed by atoms with Gasteiger partial charge < -0.3 is 19.7 Å². The molecule has 3 saturated carbocycles. The summed E-state index contributed by atoms with van der Waals surface area (Å²) in [6, 6.07) is 0. The van der Waals surface area contributed by atoms with Gasteiger partial charge in [-0.05, 0) is 80.5 Å². The normalized spacial score (nSPS) is 40.5. The molecule has 0 saturated heterocycles. The Morgan fingerprint density at radius 3 is 2.42 bits per heavy atom. The number of ketones is 1. The number of allylic oxidation sites excluding steroid dienone is 1. The van der Waals surface area contributed by atoms with Gasteiger partial charge in [0.25, 0.3) is 0 Å². The Balaban J connectivity index is 1.58. The van der Waals surface area contributed by atoms with E-state index in [4.69, 9.17) is 9.47 Å². The van der Waals surface area contributed by atoms with Crippen LogP contribution >= 0.6 is 0 Å². The lowest BCUT2D eigenvalue weighted by Crippen LogP contribution is -2.51. The number of carbonyl (C=O) groups is 3. The van der Waals surface area contributed by atoms with Crippen LogP contribution in [0.3, 0.4) is 0 Å². The SMILES string of the molecule is CC(=O)O[C@H]1CC[C@@]2(C)C(=CC[C@H]3[C@@H]4C[C@H](OC(C)=O)[C@H]([C@H](C)C(=O)CCC(C)(O)CO)[C@@]4(C)CC[C@@H]32)C1. The highest BCUT2D eigenvalue weighted by atomic mass is 16.5. The van der Waals surface area contributed by atoms with Crippen molar-refractivity contribution >= 4 is 17.7 Å². The standard InChI is InChI=1S/C31H48O7/c1-18(26(35)11-12-29(4,36)17-32)28-27(38-20(3)34)16-25-23-8-7-21-15-22(37-19(2)33)9-13-30(21,5)24(23)10-14-31(25,28)6/h7,18,22-25,27-28,32,36H,8-17H2,1-6H3/t18-,22+,23-,24+,25+,27+,28+,29?,30+,31+/m1/s1. The van der Waals surface area contributed by atoms with Gasteiger partial charge in [-0.3, -0.25) is 14.4 Å². The van der Waals surface area contributed by atoms with Crippen LogP contribution in [-0.4, -0.2) is 52.4 Å². The smallest absolute Gasteiger partial charge is 0.302 e. The zero-order valence-electron chi connectivity index (χ0n) is 24.1. The van der Waals surface area contributed by atoms with Crippen LogP contribution in [0, 0.1) is 40.4 Å². The number of aliphatic hydroxyl groups is 2. The van der Waals surface area contributed by atoms with Gasteiger partial charge in [-0.25, -0.2) is 0 Å². The first-order valence-electron chi connectivity index (χ1n) is 14.6. The lowest BCUT2D eigenvalue weighted by molar-refractivity contribution is -0.153. The number of aliphatic hydroxyl groups excluding tert-OH is 1. The van der Waals surface area contributed by atoms with Crippen LogP contribution in [0.5, 0.6) is 0 Å². The van der Waals surface area contributed by atoms with E-state index in [9.17, 15) is 24.6 Å². The average Bonchev–Trinajstić information content (AvgIpc) is 3.13. The summed E-state index contributed by atoms with van der Waals surface area (Å²) in [6.07, 6.45) is 9.03. The Morgan fingerprint density at radius 1 is 1.11 bits per heavy atom. The maximum atomic E-state index is 13.4. The van der Waals surface area contributed by atoms with E-state index >= 15 is 0 Å². The summed E-state index contributed by atoms with van der Waals surface area (Å²) in [5.74, 6) is 0.529. The number of esters is 2. The van der Waals surface area contributed by atoms with E-state index in [1.165, 1.54) is 19.4 Å². The molecule has 0 amide bonds. The van der Waals surface area contributed by atoms with E-state index in [0.29, 0.717) is 17.8 Å². The Bertz CT molecular complexity index is 969. The molecule has 7 nitrogen and oxygen atoms in total. The molecule has 38 heavy (non-hydrogen) atoms. The topological polar surface area (TPSA) is 110 Å². The first kappa shape index (κ1) is 29.3. The fourth-order valence-corrected chi connectivity index (χ4v) is 9.12. The summed E-state index contributed by atoms with van der Waals surface area (Å²) in [5, 5.41) is 19.6. The third-order valence-electron chi connectivity index (χ3n) is 11.1. The van der Waals surface area contributed by atoms with Gasteiger partial charge in [-0.2, -0.15) is 0 Å². The summed E-state index contributed by atoms with van der Waals surface area (Å²) >= 11 is 0. The fourth-order valence-electron chi connectivity index (χ4n) is 9.12. The number of fused-ring (bicyclic) bond motifs is 5. The van der Waals surface area contributed by atoms with Gasteiger partial charge in [0.05, 0.1) is 12.2 Å². The summed E-state index contributed by atoms with van der Waals surface area (Å²) in [4.78, 5) is 37.1. The lowest BCUT2D eigenvalue weighted by Gasteiger charge is -2.58. The Labute approximate surface area is 227 Å². The van der Waals surface area contributed by atoms with E-state index in [2.05, 4.69) is 19.9 Å². The van der Waals surface area contributed by atoms with E-state index in [-0.39, 0.29) is 72.0 Å². The van der Waals surface area contributed by atoms with Gasteiger partial charge in [0.1, 0.15) is 18.0 Å². The van der Waals surface area contributed by atoms with Crippen molar-refractivity contribution in [1.82, 2.24) is 0 Å². The van der Waals surface area contributed by atoms with Gasteiger partial charge in [0, 0.05) is 38.5 Å². The molecule has 0 aliphatic heterocycles. The summed E-state index contributed by atoms with van der Waals surface area (Å²) < 4.78 is 11.5. The van der Waals surface area contributed by atoms with Gasteiger partial charge in [0.2, 0.25) is 0 Å². The van der Waals surface area contributed by atoms with Crippen LogP contribution in [0.25, 0.3) is 0 Å². The predicted molar refractivity (Wildman–Crippen MR) is 143 cm³/mol. The number of Topliss-reactive ketones (excluding diaryl/α,β-unsaturated/α-hetero) is 1. The highest BCUT2D eigenvalue weighted by Crippen LogP contribution is 2.67. The molecule has 0 aromatic rings. The van der Waals surface area contributed by atoms with Gasteiger partial charge in [0.15, 0.2) is 0 Å². The zero-order valence-corrected chi connectivity index (χ0v) is 24.1. The van der Waals surface area contributed by atoms with Crippen molar-refractivity contribution in [1.29, 1.82) is 0 Å². The zero-order chi connectivity index (χ0) is 28.0. The second kappa shape index (κ2) is 10.7.